The van der Waals surface area contributed by atoms with Crippen molar-refractivity contribution in [1.82, 2.24) is 0 Å². The van der Waals surface area contributed by atoms with Crippen molar-refractivity contribution in [2.75, 3.05) is 40.9 Å². The zero-order valence-corrected chi connectivity index (χ0v) is 15.5. The van der Waals surface area contributed by atoms with E-state index in [0.717, 1.165) is 0 Å². The molecule has 1 unspecified atom stereocenters. The number of rotatable bonds is 8. The standard InChI is InChI=1S/C19H22N2O5/c1-22-13-6-7-14(16(10-13)23-2)15(11-20)21-12-8-17(24-3)19(26-5)18(9-12)25-4/h6-10,15,21H,1-5H3. The van der Waals surface area contributed by atoms with Gasteiger partial charge in [0.25, 0.3) is 0 Å². The van der Waals surface area contributed by atoms with Crippen LogP contribution in [0.2, 0.25) is 0 Å². The van der Waals surface area contributed by atoms with E-state index in [1.165, 1.54) is 21.3 Å². The van der Waals surface area contributed by atoms with E-state index in [0.29, 0.717) is 40.0 Å². The van der Waals surface area contributed by atoms with Crippen LogP contribution >= 0.6 is 0 Å². The maximum Gasteiger partial charge on any atom is 0.203 e. The molecule has 0 aliphatic carbocycles. The van der Waals surface area contributed by atoms with Gasteiger partial charge >= 0.3 is 0 Å². The van der Waals surface area contributed by atoms with Crippen molar-refractivity contribution in [2.45, 2.75) is 6.04 Å². The summed E-state index contributed by atoms with van der Waals surface area (Å²) in [6.45, 7) is 0. The van der Waals surface area contributed by atoms with Crippen molar-refractivity contribution in [1.29, 1.82) is 5.26 Å². The van der Waals surface area contributed by atoms with E-state index in [2.05, 4.69) is 11.4 Å². The summed E-state index contributed by atoms with van der Waals surface area (Å²) in [5, 5.41) is 12.8. The van der Waals surface area contributed by atoms with Crippen LogP contribution in [-0.2, 0) is 0 Å². The second kappa shape index (κ2) is 8.72. The summed E-state index contributed by atoms with van der Waals surface area (Å²) >= 11 is 0. The molecule has 0 saturated carbocycles. The van der Waals surface area contributed by atoms with E-state index < -0.39 is 6.04 Å². The molecule has 0 bridgehead atoms. The van der Waals surface area contributed by atoms with Crippen molar-refractivity contribution in [2.24, 2.45) is 0 Å². The Morgan fingerprint density at radius 2 is 1.42 bits per heavy atom. The Morgan fingerprint density at radius 1 is 0.808 bits per heavy atom. The third-order valence-electron chi connectivity index (χ3n) is 3.86. The molecular weight excluding hydrogens is 336 g/mol. The van der Waals surface area contributed by atoms with Gasteiger partial charge in [0.2, 0.25) is 5.75 Å². The van der Waals surface area contributed by atoms with Crippen LogP contribution < -0.4 is 29.0 Å². The van der Waals surface area contributed by atoms with Gasteiger partial charge in [-0.25, -0.2) is 0 Å². The van der Waals surface area contributed by atoms with Gasteiger partial charge in [-0.1, -0.05) is 0 Å². The fourth-order valence-corrected chi connectivity index (χ4v) is 2.57. The van der Waals surface area contributed by atoms with E-state index in [-0.39, 0.29) is 0 Å². The van der Waals surface area contributed by atoms with Crippen LogP contribution in [0.4, 0.5) is 5.69 Å². The van der Waals surface area contributed by atoms with Crippen molar-refractivity contribution in [3.63, 3.8) is 0 Å². The monoisotopic (exact) mass is 358 g/mol. The number of nitrogens with zero attached hydrogens (tertiary/aromatic N) is 1. The Labute approximate surface area is 153 Å². The van der Waals surface area contributed by atoms with Crippen molar-refractivity contribution in [3.8, 4) is 34.8 Å². The molecule has 2 rings (SSSR count). The van der Waals surface area contributed by atoms with Crippen LogP contribution in [0.5, 0.6) is 28.7 Å². The summed E-state index contributed by atoms with van der Waals surface area (Å²) in [5.41, 5.74) is 1.33. The number of hydrogen-bond acceptors (Lipinski definition) is 7. The number of nitriles is 1. The van der Waals surface area contributed by atoms with Crippen molar-refractivity contribution in [3.05, 3.63) is 35.9 Å². The van der Waals surface area contributed by atoms with Gasteiger partial charge in [-0.15, -0.1) is 0 Å². The first-order valence-electron chi connectivity index (χ1n) is 7.79. The van der Waals surface area contributed by atoms with Crippen molar-refractivity contribution < 1.29 is 23.7 Å². The molecule has 0 radical (unpaired) electrons. The molecule has 1 N–H and O–H groups in total. The van der Waals surface area contributed by atoms with Gasteiger partial charge in [-0.3, -0.25) is 0 Å². The fourth-order valence-electron chi connectivity index (χ4n) is 2.57. The van der Waals surface area contributed by atoms with Crippen LogP contribution in [0, 0.1) is 11.3 Å². The van der Waals surface area contributed by atoms with Crippen LogP contribution in [0.15, 0.2) is 30.3 Å². The Kier molecular flexibility index (Phi) is 6.39. The van der Waals surface area contributed by atoms with Gasteiger partial charge in [0.05, 0.1) is 41.6 Å². The van der Waals surface area contributed by atoms with E-state index in [9.17, 15) is 5.26 Å². The molecule has 7 heteroatoms. The smallest absolute Gasteiger partial charge is 0.203 e. The maximum atomic E-state index is 9.65. The Balaban J connectivity index is 2.41. The lowest BCUT2D eigenvalue weighted by molar-refractivity contribution is 0.324. The van der Waals surface area contributed by atoms with E-state index in [1.54, 1.807) is 44.6 Å². The molecule has 0 spiro atoms. The summed E-state index contributed by atoms with van der Waals surface area (Å²) in [6, 6.07) is 10.4. The number of nitrogens with one attached hydrogen (secondary N) is 1. The summed E-state index contributed by atoms with van der Waals surface area (Å²) < 4.78 is 26.6. The third-order valence-corrected chi connectivity index (χ3v) is 3.86. The summed E-state index contributed by atoms with van der Waals surface area (Å²) in [5.74, 6) is 2.67. The highest BCUT2D eigenvalue weighted by Gasteiger charge is 2.19. The van der Waals surface area contributed by atoms with Gasteiger partial charge in [-0.2, -0.15) is 5.26 Å². The largest absolute Gasteiger partial charge is 0.497 e. The number of methoxy groups -OCH3 is 5. The molecule has 1 atom stereocenters. The molecule has 26 heavy (non-hydrogen) atoms. The normalized spacial score (nSPS) is 11.1. The lowest BCUT2D eigenvalue weighted by Crippen LogP contribution is -2.10. The highest BCUT2D eigenvalue weighted by molar-refractivity contribution is 5.64. The van der Waals surface area contributed by atoms with Crippen LogP contribution in [0.25, 0.3) is 0 Å². The lowest BCUT2D eigenvalue weighted by atomic mass is 10.1. The average molecular weight is 358 g/mol. The van der Waals surface area contributed by atoms with E-state index in [4.69, 9.17) is 23.7 Å². The molecule has 0 aliphatic heterocycles. The van der Waals surface area contributed by atoms with Crippen LogP contribution in [0.1, 0.15) is 11.6 Å². The maximum absolute atomic E-state index is 9.65. The van der Waals surface area contributed by atoms with Crippen molar-refractivity contribution >= 4 is 5.69 Å². The van der Waals surface area contributed by atoms with Gasteiger partial charge in [0, 0.05) is 29.4 Å². The number of anilines is 1. The summed E-state index contributed by atoms with van der Waals surface area (Å²) in [6.07, 6.45) is 0. The third kappa shape index (κ3) is 3.86. The molecule has 0 fully saturated rings. The zero-order valence-electron chi connectivity index (χ0n) is 15.5. The minimum absolute atomic E-state index is 0.482. The highest BCUT2D eigenvalue weighted by Crippen LogP contribution is 2.41. The molecule has 0 aromatic heterocycles. The zero-order chi connectivity index (χ0) is 19.1. The second-order valence-corrected chi connectivity index (χ2v) is 5.23. The van der Waals surface area contributed by atoms with Gasteiger partial charge in [0.1, 0.15) is 17.5 Å². The van der Waals surface area contributed by atoms with E-state index in [1.807, 2.05) is 0 Å². The molecule has 0 heterocycles. The molecule has 0 amide bonds. The predicted molar refractivity (Wildman–Crippen MR) is 97.6 cm³/mol. The topological polar surface area (TPSA) is 82.0 Å². The van der Waals surface area contributed by atoms with E-state index >= 15 is 0 Å². The Morgan fingerprint density at radius 3 is 1.88 bits per heavy atom. The molecular formula is C19H22N2O5. The summed E-state index contributed by atoms with van der Waals surface area (Å²) in [4.78, 5) is 0. The quantitative estimate of drug-likeness (QED) is 0.774. The minimum atomic E-state index is -0.654. The van der Waals surface area contributed by atoms with Crippen LogP contribution in [-0.4, -0.2) is 35.5 Å². The first kappa shape index (κ1) is 19.1. The molecule has 138 valence electrons. The molecule has 2 aromatic rings. The predicted octanol–water partition coefficient (Wildman–Crippen LogP) is 3.41. The number of benzene rings is 2. The Hall–Kier alpha value is -3.27. The minimum Gasteiger partial charge on any atom is -0.497 e. The SMILES string of the molecule is COc1ccc(C(C#N)Nc2cc(OC)c(OC)c(OC)c2)c(OC)c1. The number of ether oxygens (including phenoxy) is 5. The second-order valence-electron chi connectivity index (χ2n) is 5.23. The highest BCUT2D eigenvalue weighted by atomic mass is 16.5. The molecule has 0 aliphatic rings. The molecule has 0 saturated heterocycles. The van der Waals surface area contributed by atoms with Gasteiger partial charge in [-0.05, 0) is 12.1 Å². The Bertz CT molecular complexity index is 776. The molecule has 7 nitrogen and oxygen atoms in total. The average Bonchev–Trinajstić information content (AvgIpc) is 2.70. The lowest BCUT2D eigenvalue weighted by Gasteiger charge is -2.19. The van der Waals surface area contributed by atoms with Gasteiger partial charge in [0.15, 0.2) is 11.5 Å². The molecule has 2 aromatic carbocycles. The van der Waals surface area contributed by atoms with Gasteiger partial charge < -0.3 is 29.0 Å². The first-order valence-corrected chi connectivity index (χ1v) is 7.79. The van der Waals surface area contributed by atoms with Crippen LogP contribution in [0.3, 0.4) is 0 Å². The summed E-state index contributed by atoms with van der Waals surface area (Å²) in [7, 11) is 7.73. The first-order chi connectivity index (χ1) is 12.6. The number of hydrogen-bond donors (Lipinski definition) is 1. The fraction of sp³-hybridized carbons (Fsp3) is 0.316.